The molecular formula is C20H23ClSi. The van der Waals surface area contributed by atoms with Crippen LogP contribution in [0.4, 0.5) is 0 Å². The van der Waals surface area contributed by atoms with E-state index in [1.54, 1.807) is 0 Å². The summed E-state index contributed by atoms with van der Waals surface area (Å²) in [5.41, 5.74) is 7.45. The fourth-order valence-corrected chi connectivity index (χ4v) is 6.52. The van der Waals surface area contributed by atoms with Crippen molar-refractivity contribution in [2.24, 2.45) is 0 Å². The maximum atomic E-state index is 6.89. The van der Waals surface area contributed by atoms with Crippen LogP contribution in [0, 0.1) is 0 Å². The topological polar surface area (TPSA) is 0 Å². The van der Waals surface area contributed by atoms with Gasteiger partial charge < -0.3 is 0 Å². The maximum Gasteiger partial charge on any atom is 0.161 e. The first-order valence-electron chi connectivity index (χ1n) is 8.10. The Morgan fingerprint density at radius 1 is 1.00 bits per heavy atom. The molecule has 2 heteroatoms. The van der Waals surface area contributed by atoms with Crippen molar-refractivity contribution in [3.05, 3.63) is 65.2 Å². The van der Waals surface area contributed by atoms with Crippen LogP contribution in [-0.2, 0) is 0 Å². The van der Waals surface area contributed by atoms with E-state index in [-0.39, 0.29) is 0 Å². The average molecular weight is 327 g/mol. The van der Waals surface area contributed by atoms with Crippen LogP contribution < -0.4 is 0 Å². The van der Waals surface area contributed by atoms with Gasteiger partial charge in [0.15, 0.2) is 7.38 Å². The van der Waals surface area contributed by atoms with Gasteiger partial charge in [-0.3, -0.25) is 0 Å². The van der Waals surface area contributed by atoms with E-state index in [9.17, 15) is 0 Å². The summed E-state index contributed by atoms with van der Waals surface area (Å²) < 4.78 is 0. The van der Waals surface area contributed by atoms with Crippen LogP contribution in [0.2, 0.25) is 13.1 Å². The highest BCUT2D eigenvalue weighted by Gasteiger charge is 2.38. The zero-order chi connectivity index (χ0) is 15.7. The van der Waals surface area contributed by atoms with Gasteiger partial charge in [0.1, 0.15) is 0 Å². The summed E-state index contributed by atoms with van der Waals surface area (Å²) in [4.78, 5) is 0. The monoisotopic (exact) mass is 326 g/mol. The molecule has 0 aromatic heterocycles. The van der Waals surface area contributed by atoms with E-state index in [1.165, 1.54) is 34.2 Å². The summed E-state index contributed by atoms with van der Waals surface area (Å²) in [6.45, 7) is 6.79. The van der Waals surface area contributed by atoms with Crippen molar-refractivity contribution in [1.29, 1.82) is 0 Å². The van der Waals surface area contributed by atoms with Crippen LogP contribution >= 0.6 is 11.1 Å². The average Bonchev–Trinajstić information content (AvgIpc) is 2.86. The van der Waals surface area contributed by atoms with Gasteiger partial charge in [-0.1, -0.05) is 86.6 Å². The van der Waals surface area contributed by atoms with Crippen molar-refractivity contribution in [2.75, 3.05) is 0 Å². The van der Waals surface area contributed by atoms with Crippen LogP contribution in [0.25, 0.3) is 17.2 Å². The van der Waals surface area contributed by atoms with Gasteiger partial charge in [-0.15, -0.1) is 0 Å². The molecule has 0 saturated heterocycles. The highest BCUT2D eigenvalue weighted by Crippen LogP contribution is 2.47. The van der Waals surface area contributed by atoms with Crippen molar-refractivity contribution in [1.82, 2.24) is 0 Å². The molecule has 0 spiro atoms. The Bertz CT molecular complexity index is 695. The molecule has 0 saturated carbocycles. The fraction of sp³-hybridized carbons (Fsp3) is 0.300. The molecule has 1 aliphatic carbocycles. The van der Waals surface area contributed by atoms with Crippen molar-refractivity contribution >= 4 is 24.5 Å². The first-order chi connectivity index (χ1) is 10.5. The molecule has 0 bridgehead atoms. The summed E-state index contributed by atoms with van der Waals surface area (Å²) in [6, 6.07) is 17.4. The van der Waals surface area contributed by atoms with Crippen LogP contribution in [0.1, 0.15) is 36.4 Å². The van der Waals surface area contributed by atoms with E-state index >= 15 is 0 Å². The second kappa shape index (κ2) is 6.06. The van der Waals surface area contributed by atoms with Gasteiger partial charge in [0, 0.05) is 5.54 Å². The minimum absolute atomic E-state index is 0.452. The Morgan fingerprint density at radius 2 is 1.73 bits per heavy atom. The van der Waals surface area contributed by atoms with Crippen LogP contribution in [0.3, 0.4) is 0 Å². The molecule has 0 heterocycles. The second-order valence-electron chi connectivity index (χ2n) is 6.64. The third-order valence-corrected chi connectivity index (χ3v) is 7.17. The molecule has 1 aliphatic rings. The lowest BCUT2D eigenvalue weighted by Gasteiger charge is -2.26. The smallest absolute Gasteiger partial charge is 0.161 e. The van der Waals surface area contributed by atoms with Crippen molar-refractivity contribution in [3.63, 3.8) is 0 Å². The van der Waals surface area contributed by atoms with Gasteiger partial charge in [0.05, 0.1) is 0 Å². The zero-order valence-electron chi connectivity index (χ0n) is 13.6. The van der Waals surface area contributed by atoms with Gasteiger partial charge in [-0.05, 0) is 28.7 Å². The molecule has 0 radical (unpaired) electrons. The maximum absolute atomic E-state index is 6.89. The Balaban J connectivity index is 2.16. The van der Waals surface area contributed by atoms with Crippen LogP contribution in [-0.4, -0.2) is 7.38 Å². The normalized spacial score (nSPS) is 17.3. The molecule has 2 aromatic rings. The second-order valence-corrected chi connectivity index (χ2v) is 13.3. The van der Waals surface area contributed by atoms with E-state index in [0.29, 0.717) is 5.54 Å². The molecule has 2 aromatic carbocycles. The van der Waals surface area contributed by atoms with Crippen molar-refractivity contribution in [2.45, 2.75) is 38.4 Å². The molecule has 114 valence electrons. The lowest BCUT2D eigenvalue weighted by Crippen LogP contribution is -2.28. The zero-order valence-corrected chi connectivity index (χ0v) is 15.3. The molecule has 0 nitrogen and oxygen atoms in total. The number of rotatable bonds is 4. The van der Waals surface area contributed by atoms with E-state index in [0.717, 1.165) is 6.42 Å². The number of hydrogen-bond acceptors (Lipinski definition) is 0. The van der Waals surface area contributed by atoms with Gasteiger partial charge >= 0.3 is 0 Å². The number of benzene rings is 2. The predicted molar refractivity (Wildman–Crippen MR) is 101 cm³/mol. The van der Waals surface area contributed by atoms with Crippen molar-refractivity contribution in [3.8, 4) is 11.1 Å². The van der Waals surface area contributed by atoms with Crippen molar-refractivity contribution < 1.29 is 0 Å². The standard InChI is InChI=1S/C20H23ClSi/c1-4-9-16-14-19-17(15-10-6-5-7-11-15)12-8-13-18(19)20(16)22(2,3)21/h5-8,10-14,20H,4,9H2,1-3H3. The largest absolute Gasteiger partial charge is 0.167 e. The quantitative estimate of drug-likeness (QED) is 0.437. The predicted octanol–water partition coefficient (Wildman–Crippen LogP) is 6.62. The van der Waals surface area contributed by atoms with Gasteiger partial charge in [0.25, 0.3) is 0 Å². The van der Waals surface area contributed by atoms with E-state index in [2.05, 4.69) is 74.6 Å². The number of halogens is 1. The molecule has 0 N–H and O–H groups in total. The highest BCUT2D eigenvalue weighted by atomic mass is 35.6. The van der Waals surface area contributed by atoms with Gasteiger partial charge in [-0.2, -0.15) is 11.1 Å². The molecule has 0 aliphatic heterocycles. The first-order valence-corrected chi connectivity index (χ1v) is 12.2. The highest BCUT2D eigenvalue weighted by molar-refractivity contribution is 7.20. The molecule has 3 rings (SSSR count). The molecule has 1 atom stereocenters. The van der Waals surface area contributed by atoms with Gasteiger partial charge in [0.2, 0.25) is 0 Å². The van der Waals surface area contributed by atoms with Crippen LogP contribution in [0.15, 0.2) is 54.1 Å². The molecule has 0 amide bonds. The summed E-state index contributed by atoms with van der Waals surface area (Å²) in [7, 11) is -1.80. The van der Waals surface area contributed by atoms with E-state index in [4.69, 9.17) is 11.1 Å². The number of allylic oxidation sites excluding steroid dienone is 1. The molecule has 22 heavy (non-hydrogen) atoms. The third kappa shape index (κ3) is 2.80. The summed E-state index contributed by atoms with van der Waals surface area (Å²) in [5, 5.41) is 0. The van der Waals surface area contributed by atoms with E-state index in [1.807, 2.05) is 0 Å². The molecule has 0 fully saturated rings. The summed E-state index contributed by atoms with van der Waals surface area (Å²) in [5.74, 6) is 0. The SMILES string of the molecule is CCCC1=Cc2c(-c3ccccc3)cccc2C1[Si](C)(C)Cl. The fourth-order valence-electron chi connectivity index (χ4n) is 3.65. The lowest BCUT2D eigenvalue weighted by molar-refractivity contribution is 0.866. The van der Waals surface area contributed by atoms with Gasteiger partial charge in [-0.25, -0.2) is 0 Å². The Morgan fingerprint density at radius 3 is 2.36 bits per heavy atom. The minimum atomic E-state index is -1.80. The number of hydrogen-bond donors (Lipinski definition) is 0. The third-order valence-electron chi connectivity index (χ3n) is 4.46. The Kier molecular flexibility index (Phi) is 4.29. The van der Waals surface area contributed by atoms with Crippen LogP contribution in [0.5, 0.6) is 0 Å². The first kappa shape index (κ1) is 15.6. The molecule has 1 unspecified atom stereocenters. The number of fused-ring (bicyclic) bond motifs is 1. The Labute approximate surface area is 139 Å². The molecular weight excluding hydrogens is 304 g/mol. The van der Waals surface area contributed by atoms with E-state index < -0.39 is 7.38 Å². The summed E-state index contributed by atoms with van der Waals surface area (Å²) in [6.07, 6.45) is 4.75. The summed E-state index contributed by atoms with van der Waals surface area (Å²) >= 11 is 6.89. The minimum Gasteiger partial charge on any atom is -0.167 e. The Hall–Kier alpha value is -1.31. The lowest BCUT2D eigenvalue weighted by atomic mass is 9.97.